The molecule has 0 bridgehead atoms. The molecule has 7 heteroatoms. The largest absolute Gasteiger partial charge is 0.478 e. The molecular formula is C39H52N4O3. The van der Waals surface area contributed by atoms with Gasteiger partial charge in [0.05, 0.1) is 16.7 Å². The maximum atomic E-state index is 14.1. The number of carboxylic acid groups (broad SMARTS) is 1. The van der Waals surface area contributed by atoms with Gasteiger partial charge in [-0.2, -0.15) is 0 Å². The second-order valence-corrected chi connectivity index (χ2v) is 14.4. The molecular weight excluding hydrogens is 572 g/mol. The third-order valence-corrected chi connectivity index (χ3v) is 8.65. The van der Waals surface area contributed by atoms with Crippen molar-refractivity contribution in [3.8, 4) is 11.3 Å². The molecule has 0 unspecified atom stereocenters. The van der Waals surface area contributed by atoms with Gasteiger partial charge < -0.3 is 20.3 Å². The molecule has 4 aromatic rings. The number of rotatable bonds is 14. The summed E-state index contributed by atoms with van der Waals surface area (Å²) < 4.78 is 0. The van der Waals surface area contributed by atoms with E-state index in [1.807, 2.05) is 37.1 Å². The Kier molecular flexibility index (Phi) is 11.1. The van der Waals surface area contributed by atoms with Crippen molar-refractivity contribution in [2.75, 3.05) is 26.2 Å². The van der Waals surface area contributed by atoms with Crippen LogP contribution in [0.3, 0.4) is 0 Å². The third kappa shape index (κ3) is 8.24. The lowest BCUT2D eigenvalue weighted by Gasteiger charge is -2.34. The summed E-state index contributed by atoms with van der Waals surface area (Å²) in [5, 5.41) is 13.9. The minimum absolute atomic E-state index is 0.133. The number of amides is 1. The van der Waals surface area contributed by atoms with E-state index < -0.39 is 11.4 Å². The number of aromatic amines is 1. The van der Waals surface area contributed by atoms with Gasteiger partial charge in [-0.3, -0.25) is 4.79 Å². The first-order valence-electron chi connectivity index (χ1n) is 16.6. The van der Waals surface area contributed by atoms with Gasteiger partial charge in [-0.1, -0.05) is 63.9 Å². The van der Waals surface area contributed by atoms with Gasteiger partial charge in [0.25, 0.3) is 0 Å². The fourth-order valence-corrected chi connectivity index (χ4v) is 6.40. The van der Waals surface area contributed by atoms with Crippen LogP contribution in [0.1, 0.15) is 92.6 Å². The molecule has 2 aromatic heterocycles. The summed E-state index contributed by atoms with van der Waals surface area (Å²) in [5.74, 6) is 0.133. The van der Waals surface area contributed by atoms with Gasteiger partial charge in [-0.25, -0.2) is 9.78 Å². The average molecular weight is 625 g/mol. The zero-order valence-corrected chi connectivity index (χ0v) is 29.1. The van der Waals surface area contributed by atoms with Gasteiger partial charge in [0.1, 0.15) is 5.65 Å². The van der Waals surface area contributed by atoms with E-state index in [1.54, 1.807) is 12.1 Å². The van der Waals surface area contributed by atoms with Crippen LogP contribution in [-0.4, -0.2) is 58.0 Å². The summed E-state index contributed by atoms with van der Waals surface area (Å²) in [6.45, 7) is 22.1. The Balaban J connectivity index is 1.67. The molecule has 7 nitrogen and oxygen atoms in total. The second-order valence-electron chi connectivity index (χ2n) is 14.4. The van der Waals surface area contributed by atoms with Crippen LogP contribution < -0.4 is 5.32 Å². The molecule has 0 aliphatic rings. The van der Waals surface area contributed by atoms with Gasteiger partial charge in [0.15, 0.2) is 0 Å². The van der Waals surface area contributed by atoms with E-state index in [4.69, 9.17) is 4.98 Å². The average Bonchev–Trinajstić information content (AvgIpc) is 3.37. The van der Waals surface area contributed by atoms with E-state index in [0.29, 0.717) is 17.4 Å². The first kappa shape index (κ1) is 34.9. The lowest BCUT2D eigenvalue weighted by molar-refractivity contribution is -0.137. The number of aryl methyl sites for hydroxylation is 2. The van der Waals surface area contributed by atoms with Crippen molar-refractivity contribution >= 4 is 22.9 Å². The second kappa shape index (κ2) is 14.6. The molecule has 1 amide bonds. The van der Waals surface area contributed by atoms with Crippen LogP contribution in [-0.2, 0) is 16.6 Å². The number of aromatic nitrogens is 2. The number of aromatic carboxylic acids is 1. The van der Waals surface area contributed by atoms with E-state index in [9.17, 15) is 14.7 Å². The first-order valence-corrected chi connectivity index (χ1v) is 16.6. The predicted molar refractivity (Wildman–Crippen MR) is 189 cm³/mol. The number of fused-ring (bicyclic) bond motifs is 1. The number of nitrogens with one attached hydrogen (secondary N) is 2. The van der Waals surface area contributed by atoms with Gasteiger partial charge in [-0.15, -0.1) is 0 Å². The van der Waals surface area contributed by atoms with Crippen molar-refractivity contribution in [2.24, 2.45) is 11.8 Å². The standard InChI is InChI=1S/C39H52N4O3/c1-24(2)22-43(23-25(3)4)38(46)39(8,9)32-19-33-34(28(7)20-40-15-14-29-10-12-30(13-11-29)37(44)45)35(42-36(33)41-21-32)31-17-26(5)16-27(6)18-31/h10-13,16-19,21,24-25,28,40H,14-15,20,22-23H2,1-9H3,(H,41,42)(H,44,45)/t28-/m1/s1. The van der Waals surface area contributed by atoms with E-state index in [0.717, 1.165) is 66.0 Å². The van der Waals surface area contributed by atoms with Crippen molar-refractivity contribution < 1.29 is 14.7 Å². The summed E-state index contributed by atoms with van der Waals surface area (Å²) in [6.07, 6.45) is 2.67. The quantitative estimate of drug-likeness (QED) is 0.124. The Hall–Kier alpha value is -3.97. The Labute approximate surface area is 274 Å². The number of hydrogen-bond acceptors (Lipinski definition) is 4. The zero-order valence-electron chi connectivity index (χ0n) is 29.1. The zero-order chi connectivity index (χ0) is 33.8. The number of pyridine rings is 1. The molecule has 0 saturated carbocycles. The molecule has 246 valence electrons. The van der Waals surface area contributed by atoms with Crippen molar-refractivity contribution in [3.05, 3.63) is 88.1 Å². The summed E-state index contributed by atoms with van der Waals surface area (Å²) in [4.78, 5) is 35.9. The highest BCUT2D eigenvalue weighted by atomic mass is 16.4. The van der Waals surface area contributed by atoms with Crippen molar-refractivity contribution in [1.29, 1.82) is 0 Å². The lowest BCUT2D eigenvalue weighted by atomic mass is 9.82. The number of carbonyl (C=O) groups excluding carboxylic acids is 1. The molecule has 0 radical (unpaired) electrons. The number of nitrogens with zero attached hydrogens (tertiary/aromatic N) is 2. The normalized spacial score (nSPS) is 12.7. The van der Waals surface area contributed by atoms with Gasteiger partial charge >= 0.3 is 5.97 Å². The first-order chi connectivity index (χ1) is 21.7. The smallest absolute Gasteiger partial charge is 0.335 e. The van der Waals surface area contributed by atoms with Gasteiger partial charge in [0, 0.05) is 31.2 Å². The fraction of sp³-hybridized carbons (Fsp3) is 0.462. The van der Waals surface area contributed by atoms with Gasteiger partial charge in [0.2, 0.25) is 5.91 Å². The monoisotopic (exact) mass is 624 g/mol. The highest BCUT2D eigenvalue weighted by molar-refractivity contribution is 5.93. The Bertz CT molecular complexity index is 1640. The minimum Gasteiger partial charge on any atom is -0.478 e. The van der Waals surface area contributed by atoms with E-state index in [2.05, 4.69) is 83.0 Å². The Morgan fingerprint density at radius 2 is 1.54 bits per heavy atom. The van der Waals surface area contributed by atoms with Crippen LogP contribution in [0, 0.1) is 25.7 Å². The third-order valence-electron chi connectivity index (χ3n) is 8.65. The molecule has 0 aliphatic heterocycles. The molecule has 2 aromatic carbocycles. The minimum atomic E-state index is -0.911. The van der Waals surface area contributed by atoms with Crippen LogP contribution in [0.4, 0.5) is 0 Å². The number of carbonyl (C=O) groups is 2. The highest BCUT2D eigenvalue weighted by Gasteiger charge is 2.35. The predicted octanol–water partition coefficient (Wildman–Crippen LogP) is 7.90. The number of H-pyrrole nitrogens is 1. The summed E-state index contributed by atoms with van der Waals surface area (Å²) in [6, 6.07) is 15.9. The van der Waals surface area contributed by atoms with Crippen molar-refractivity contribution in [2.45, 2.75) is 80.1 Å². The van der Waals surface area contributed by atoms with E-state index >= 15 is 0 Å². The Morgan fingerprint density at radius 1 is 0.935 bits per heavy atom. The molecule has 3 N–H and O–H groups in total. The number of hydrogen-bond donors (Lipinski definition) is 3. The summed E-state index contributed by atoms with van der Waals surface area (Å²) in [5.41, 5.74) is 8.19. The number of benzene rings is 2. The molecule has 46 heavy (non-hydrogen) atoms. The summed E-state index contributed by atoms with van der Waals surface area (Å²) >= 11 is 0. The van der Waals surface area contributed by atoms with E-state index in [1.165, 1.54) is 16.7 Å². The lowest BCUT2D eigenvalue weighted by Crippen LogP contribution is -2.46. The topological polar surface area (TPSA) is 98.3 Å². The van der Waals surface area contributed by atoms with Crippen LogP contribution in [0.15, 0.2) is 54.7 Å². The maximum Gasteiger partial charge on any atom is 0.335 e. The van der Waals surface area contributed by atoms with Crippen LogP contribution in [0.25, 0.3) is 22.3 Å². The van der Waals surface area contributed by atoms with Crippen LogP contribution in [0.5, 0.6) is 0 Å². The summed E-state index contributed by atoms with van der Waals surface area (Å²) in [7, 11) is 0. The van der Waals surface area contributed by atoms with Crippen LogP contribution in [0.2, 0.25) is 0 Å². The fourth-order valence-electron chi connectivity index (χ4n) is 6.40. The SMILES string of the molecule is Cc1cc(C)cc(-c2[nH]c3ncc(C(C)(C)C(=O)N(CC(C)C)CC(C)C)cc3c2[C@H](C)CNCCc2ccc(C(=O)O)cc2)c1. The van der Waals surface area contributed by atoms with Crippen molar-refractivity contribution in [1.82, 2.24) is 20.2 Å². The maximum absolute atomic E-state index is 14.1. The molecule has 1 atom stereocenters. The Morgan fingerprint density at radius 3 is 2.11 bits per heavy atom. The molecule has 4 rings (SSSR count). The van der Waals surface area contributed by atoms with E-state index in [-0.39, 0.29) is 11.8 Å². The molecule has 2 heterocycles. The van der Waals surface area contributed by atoms with Crippen molar-refractivity contribution in [3.63, 3.8) is 0 Å². The highest BCUT2D eigenvalue weighted by Crippen LogP contribution is 2.38. The molecule has 0 aliphatic carbocycles. The van der Waals surface area contributed by atoms with Crippen LogP contribution >= 0.6 is 0 Å². The molecule has 0 spiro atoms. The number of carboxylic acids is 1. The van der Waals surface area contributed by atoms with Gasteiger partial charge in [-0.05, 0) is 111 Å². The molecule has 0 saturated heterocycles. The molecule has 0 fully saturated rings.